The standard InChI is InChI=1S/C30H30ClN3O5/c1-18(32)24(29(36)34-22-9-5-8-21(14-22)30(37)38)16-23-11-13-27(39-23)20-10-12-26(31)25(15-20)28(35)33-17-19-6-3-2-4-7-19/h5,8-16,19,32H,2-4,6-7,17H2,1H3,(H,33,35)(H,34,36)(H,37,38)/b24-16-,32-18?. The number of carboxylic acid groups (broad SMARTS) is 1. The average molecular weight is 548 g/mol. The summed E-state index contributed by atoms with van der Waals surface area (Å²) in [6.07, 6.45) is 7.35. The van der Waals surface area contributed by atoms with Gasteiger partial charge in [0, 0.05) is 23.5 Å². The van der Waals surface area contributed by atoms with Crippen molar-refractivity contribution in [2.75, 3.05) is 11.9 Å². The topological polar surface area (TPSA) is 132 Å². The van der Waals surface area contributed by atoms with Crippen LogP contribution in [0.4, 0.5) is 5.69 Å². The van der Waals surface area contributed by atoms with Crippen LogP contribution in [0, 0.1) is 11.3 Å². The van der Waals surface area contributed by atoms with Gasteiger partial charge >= 0.3 is 5.97 Å². The van der Waals surface area contributed by atoms with Gasteiger partial charge in [-0.1, -0.05) is 36.9 Å². The minimum absolute atomic E-state index is 0.00301. The van der Waals surface area contributed by atoms with Gasteiger partial charge in [0.1, 0.15) is 11.5 Å². The molecule has 2 amide bonds. The fraction of sp³-hybridized carbons (Fsp3) is 0.267. The maximum absolute atomic E-state index is 12.9. The zero-order valence-corrected chi connectivity index (χ0v) is 22.3. The fourth-order valence-electron chi connectivity index (χ4n) is 4.58. The summed E-state index contributed by atoms with van der Waals surface area (Å²) in [7, 11) is 0. The molecule has 3 aromatic rings. The maximum Gasteiger partial charge on any atom is 0.335 e. The van der Waals surface area contributed by atoms with Crippen LogP contribution in [-0.2, 0) is 4.79 Å². The van der Waals surface area contributed by atoms with E-state index in [2.05, 4.69) is 10.6 Å². The van der Waals surface area contributed by atoms with Crippen LogP contribution in [0.15, 0.2) is 64.6 Å². The Labute approximate surface area is 231 Å². The summed E-state index contributed by atoms with van der Waals surface area (Å²) in [5.74, 6) is -0.625. The van der Waals surface area contributed by atoms with Crippen LogP contribution >= 0.6 is 11.6 Å². The summed E-state index contributed by atoms with van der Waals surface area (Å²) in [6, 6.07) is 14.3. The molecule has 0 aliphatic heterocycles. The smallest absolute Gasteiger partial charge is 0.335 e. The van der Waals surface area contributed by atoms with Crippen LogP contribution in [-0.4, -0.2) is 35.1 Å². The molecule has 0 atom stereocenters. The number of nitrogens with one attached hydrogen (secondary N) is 3. The van der Waals surface area contributed by atoms with Gasteiger partial charge in [-0.3, -0.25) is 9.59 Å². The minimum atomic E-state index is -1.11. The van der Waals surface area contributed by atoms with Gasteiger partial charge in [-0.05, 0) is 80.3 Å². The largest absolute Gasteiger partial charge is 0.478 e. The lowest BCUT2D eigenvalue weighted by Crippen LogP contribution is -2.30. The van der Waals surface area contributed by atoms with Crippen LogP contribution in [0.5, 0.6) is 0 Å². The number of carbonyl (C=O) groups is 3. The Kier molecular flexibility index (Phi) is 8.99. The van der Waals surface area contributed by atoms with Crippen LogP contribution in [0.25, 0.3) is 17.4 Å². The van der Waals surface area contributed by atoms with Gasteiger partial charge in [0.25, 0.3) is 11.8 Å². The molecule has 1 heterocycles. The predicted molar refractivity (Wildman–Crippen MR) is 151 cm³/mol. The summed E-state index contributed by atoms with van der Waals surface area (Å²) in [5, 5.41) is 23.2. The SMILES string of the molecule is CC(=N)/C(=C/c1ccc(-c2ccc(Cl)c(C(=O)NCC3CCCCC3)c2)o1)C(=O)Nc1cccc(C(=O)O)c1. The Hall–Kier alpha value is -4.17. The highest BCUT2D eigenvalue weighted by Crippen LogP contribution is 2.28. The molecule has 2 aromatic carbocycles. The van der Waals surface area contributed by atoms with E-state index >= 15 is 0 Å². The van der Waals surface area contributed by atoms with Crippen molar-refractivity contribution >= 4 is 46.9 Å². The fourth-order valence-corrected chi connectivity index (χ4v) is 4.78. The van der Waals surface area contributed by atoms with Crippen molar-refractivity contribution in [1.29, 1.82) is 5.41 Å². The van der Waals surface area contributed by atoms with Crippen LogP contribution in [0.2, 0.25) is 5.02 Å². The first-order valence-corrected chi connectivity index (χ1v) is 13.2. The highest BCUT2D eigenvalue weighted by molar-refractivity contribution is 6.34. The molecule has 1 aliphatic carbocycles. The minimum Gasteiger partial charge on any atom is -0.478 e. The number of anilines is 1. The van der Waals surface area contributed by atoms with Crippen molar-refractivity contribution in [3.05, 3.63) is 82.1 Å². The first-order valence-electron chi connectivity index (χ1n) is 12.8. The first-order chi connectivity index (χ1) is 18.7. The van der Waals surface area contributed by atoms with E-state index in [0.717, 1.165) is 12.8 Å². The third kappa shape index (κ3) is 7.23. The number of furan rings is 1. The van der Waals surface area contributed by atoms with Crippen molar-refractivity contribution in [2.45, 2.75) is 39.0 Å². The number of benzene rings is 2. The third-order valence-electron chi connectivity index (χ3n) is 6.70. The molecule has 1 saturated carbocycles. The number of aromatic carboxylic acids is 1. The van der Waals surface area contributed by atoms with E-state index in [1.807, 2.05) is 0 Å². The molecule has 39 heavy (non-hydrogen) atoms. The zero-order valence-electron chi connectivity index (χ0n) is 21.6. The molecule has 1 aliphatic rings. The molecule has 0 saturated heterocycles. The van der Waals surface area contributed by atoms with Crippen molar-refractivity contribution in [2.24, 2.45) is 5.92 Å². The van der Waals surface area contributed by atoms with Gasteiger partial charge in [-0.2, -0.15) is 0 Å². The van der Waals surface area contributed by atoms with Crippen LogP contribution < -0.4 is 10.6 Å². The molecule has 4 rings (SSSR count). The number of halogens is 1. The Bertz CT molecular complexity index is 1440. The van der Waals surface area contributed by atoms with E-state index in [1.165, 1.54) is 50.5 Å². The summed E-state index contributed by atoms with van der Waals surface area (Å²) in [6.45, 7) is 2.10. The molecule has 1 fully saturated rings. The van der Waals surface area contributed by atoms with Gasteiger partial charge < -0.3 is 25.6 Å². The van der Waals surface area contributed by atoms with Gasteiger partial charge in [-0.25, -0.2) is 4.79 Å². The normalized spacial score (nSPS) is 14.1. The second-order valence-electron chi connectivity index (χ2n) is 9.63. The van der Waals surface area contributed by atoms with E-state index < -0.39 is 11.9 Å². The molecule has 0 radical (unpaired) electrons. The number of hydrogen-bond donors (Lipinski definition) is 4. The molecule has 9 heteroatoms. The highest BCUT2D eigenvalue weighted by atomic mass is 35.5. The van der Waals surface area contributed by atoms with E-state index in [9.17, 15) is 19.5 Å². The predicted octanol–water partition coefficient (Wildman–Crippen LogP) is 6.67. The Balaban J connectivity index is 1.50. The first kappa shape index (κ1) is 27.9. The molecule has 1 aromatic heterocycles. The summed E-state index contributed by atoms with van der Waals surface area (Å²) >= 11 is 6.34. The monoisotopic (exact) mass is 547 g/mol. The van der Waals surface area contributed by atoms with E-state index in [0.29, 0.717) is 45.8 Å². The molecular formula is C30H30ClN3O5. The number of carboxylic acids is 1. The zero-order chi connectivity index (χ0) is 27.9. The summed E-state index contributed by atoms with van der Waals surface area (Å²) < 4.78 is 5.93. The number of amides is 2. The quantitative estimate of drug-likeness (QED) is 0.175. The lowest BCUT2D eigenvalue weighted by atomic mass is 9.89. The third-order valence-corrected chi connectivity index (χ3v) is 7.03. The molecule has 202 valence electrons. The van der Waals surface area contributed by atoms with E-state index in [4.69, 9.17) is 21.4 Å². The van der Waals surface area contributed by atoms with Crippen LogP contribution in [0.1, 0.15) is 65.5 Å². The molecule has 0 unspecified atom stereocenters. The maximum atomic E-state index is 12.9. The van der Waals surface area contributed by atoms with Gasteiger partial charge in [0.15, 0.2) is 0 Å². The van der Waals surface area contributed by atoms with Crippen molar-refractivity contribution < 1.29 is 23.9 Å². The van der Waals surface area contributed by atoms with Gasteiger partial charge in [0.2, 0.25) is 0 Å². The summed E-state index contributed by atoms with van der Waals surface area (Å²) in [5.41, 5.74) is 1.38. The van der Waals surface area contributed by atoms with Crippen LogP contribution in [0.3, 0.4) is 0 Å². The number of rotatable bonds is 9. The molecule has 4 N–H and O–H groups in total. The van der Waals surface area contributed by atoms with E-state index in [1.54, 1.807) is 36.4 Å². The lowest BCUT2D eigenvalue weighted by Gasteiger charge is -2.21. The second-order valence-corrected chi connectivity index (χ2v) is 10.0. The molecule has 0 bridgehead atoms. The number of hydrogen-bond acceptors (Lipinski definition) is 5. The lowest BCUT2D eigenvalue weighted by molar-refractivity contribution is -0.112. The van der Waals surface area contributed by atoms with Gasteiger partial charge in [0.05, 0.1) is 21.7 Å². The molecular weight excluding hydrogens is 518 g/mol. The van der Waals surface area contributed by atoms with Crippen molar-refractivity contribution in [3.8, 4) is 11.3 Å². The Morgan fingerprint density at radius 1 is 1.08 bits per heavy atom. The average Bonchev–Trinajstić information content (AvgIpc) is 3.40. The summed E-state index contributed by atoms with van der Waals surface area (Å²) in [4.78, 5) is 37.0. The second kappa shape index (κ2) is 12.6. The highest BCUT2D eigenvalue weighted by Gasteiger charge is 2.18. The van der Waals surface area contributed by atoms with Crippen molar-refractivity contribution in [1.82, 2.24) is 5.32 Å². The molecule has 0 spiro atoms. The molecule has 8 nitrogen and oxygen atoms in total. The Morgan fingerprint density at radius 3 is 2.56 bits per heavy atom. The van der Waals surface area contributed by atoms with E-state index in [-0.39, 0.29) is 22.8 Å². The van der Waals surface area contributed by atoms with Gasteiger partial charge in [-0.15, -0.1) is 0 Å². The Morgan fingerprint density at radius 2 is 1.85 bits per heavy atom. The number of carbonyl (C=O) groups excluding carboxylic acids is 2. The van der Waals surface area contributed by atoms with Crippen molar-refractivity contribution in [3.63, 3.8) is 0 Å².